The van der Waals surface area contributed by atoms with Gasteiger partial charge in [-0.05, 0) is 91.0 Å². The molecule has 0 saturated heterocycles. The van der Waals surface area contributed by atoms with Gasteiger partial charge in [0.25, 0.3) is 0 Å². The summed E-state index contributed by atoms with van der Waals surface area (Å²) in [5.74, 6) is 0. The molecule has 7 nitrogen and oxygen atoms in total. The van der Waals surface area contributed by atoms with Crippen LogP contribution in [-0.2, 0) is 0 Å². The van der Waals surface area contributed by atoms with Crippen LogP contribution in [0.2, 0.25) is 0 Å². The molecule has 7 heterocycles. The molecule has 0 radical (unpaired) electrons. The summed E-state index contributed by atoms with van der Waals surface area (Å²) in [6, 6.07) is 38.2. The van der Waals surface area contributed by atoms with Crippen molar-refractivity contribution in [1.29, 1.82) is 0 Å². The molecule has 0 fully saturated rings. The highest BCUT2D eigenvalue weighted by Crippen LogP contribution is 2.37. The average molecular weight is 608 g/mol. The van der Waals surface area contributed by atoms with Crippen LogP contribution in [-0.4, -0.2) is 33.6 Å². The lowest BCUT2D eigenvalue weighted by Crippen LogP contribution is -1.97. The molecule has 10 rings (SSSR count). The summed E-state index contributed by atoms with van der Waals surface area (Å²) in [6.07, 6.45) is 9.28. The summed E-state index contributed by atoms with van der Waals surface area (Å²) in [4.78, 5) is 18.8. The Bertz CT molecular complexity index is 2720. The minimum Gasteiger partial charge on any atom is -0.308 e. The fraction of sp³-hybridized carbons (Fsp3) is 0.0500. The number of hydrogen-bond donors (Lipinski definition) is 0. The minimum absolute atomic E-state index is 0.958. The summed E-state index contributed by atoms with van der Waals surface area (Å²) in [5.41, 5.74) is 12.5. The van der Waals surface area contributed by atoms with E-state index in [-0.39, 0.29) is 0 Å². The Morgan fingerprint density at radius 3 is 1.36 bits per heavy atom. The maximum Gasteiger partial charge on any atom is 0.0964 e. The Morgan fingerprint density at radius 2 is 0.830 bits per heavy atom. The first kappa shape index (κ1) is 27.0. The fourth-order valence-corrected chi connectivity index (χ4v) is 7.03. The van der Waals surface area contributed by atoms with Gasteiger partial charge in [0.1, 0.15) is 0 Å². The molecule has 7 aromatic heterocycles. The van der Waals surface area contributed by atoms with Gasteiger partial charge in [-0.1, -0.05) is 32.0 Å². The third-order valence-corrected chi connectivity index (χ3v) is 8.85. The lowest BCUT2D eigenvalue weighted by atomic mass is 10.2. The number of rotatable bonds is 3. The van der Waals surface area contributed by atoms with Crippen LogP contribution in [0.5, 0.6) is 0 Å². The van der Waals surface area contributed by atoms with Crippen molar-refractivity contribution in [2.75, 3.05) is 0 Å². The number of para-hydroxylation sites is 1. The van der Waals surface area contributed by atoms with Gasteiger partial charge in [-0.15, -0.1) is 0 Å². The van der Waals surface area contributed by atoms with E-state index in [9.17, 15) is 0 Å². The van der Waals surface area contributed by atoms with Crippen LogP contribution in [0.1, 0.15) is 13.8 Å². The van der Waals surface area contributed by atoms with Gasteiger partial charge in [0.15, 0.2) is 0 Å². The van der Waals surface area contributed by atoms with E-state index in [1.165, 1.54) is 0 Å². The van der Waals surface area contributed by atoms with Gasteiger partial charge in [0, 0.05) is 52.3 Å². The van der Waals surface area contributed by atoms with Gasteiger partial charge in [-0.2, -0.15) is 0 Å². The first-order valence-electron chi connectivity index (χ1n) is 15.9. The number of nitrogens with zero attached hydrogens (tertiary/aromatic N) is 7. The van der Waals surface area contributed by atoms with E-state index in [2.05, 4.69) is 104 Å². The largest absolute Gasteiger partial charge is 0.308 e. The quantitative estimate of drug-likeness (QED) is 0.201. The van der Waals surface area contributed by atoms with Crippen LogP contribution in [0.3, 0.4) is 0 Å². The number of benzene rings is 3. The van der Waals surface area contributed by atoms with Crippen molar-refractivity contribution in [1.82, 2.24) is 33.6 Å². The predicted molar refractivity (Wildman–Crippen MR) is 192 cm³/mol. The molecule has 224 valence electrons. The van der Waals surface area contributed by atoms with E-state index in [0.717, 1.165) is 82.9 Å². The Kier molecular flexibility index (Phi) is 6.11. The second-order valence-corrected chi connectivity index (χ2v) is 11.3. The smallest absolute Gasteiger partial charge is 0.0964 e. The highest BCUT2D eigenvalue weighted by Gasteiger charge is 2.19. The van der Waals surface area contributed by atoms with Crippen molar-refractivity contribution in [3.8, 4) is 17.1 Å². The highest BCUT2D eigenvalue weighted by atomic mass is 15.0. The van der Waals surface area contributed by atoms with Gasteiger partial charge in [-0.25, -0.2) is 0 Å². The third kappa shape index (κ3) is 3.93. The van der Waals surface area contributed by atoms with Crippen molar-refractivity contribution < 1.29 is 0 Å². The molecule has 3 aromatic carbocycles. The first-order valence-corrected chi connectivity index (χ1v) is 15.9. The van der Waals surface area contributed by atoms with Crippen LogP contribution in [0, 0.1) is 0 Å². The summed E-state index contributed by atoms with van der Waals surface area (Å²) < 4.78 is 6.84. The molecule has 0 amide bonds. The van der Waals surface area contributed by atoms with Gasteiger partial charge >= 0.3 is 0 Å². The average Bonchev–Trinajstić information content (AvgIpc) is 3.78. The Hall–Kier alpha value is -6.34. The monoisotopic (exact) mass is 607 g/mol. The number of hydrogen-bond acceptors (Lipinski definition) is 4. The summed E-state index contributed by atoms with van der Waals surface area (Å²) >= 11 is 0. The van der Waals surface area contributed by atoms with Crippen molar-refractivity contribution in [3.63, 3.8) is 0 Å². The number of aromatic nitrogens is 7. The summed E-state index contributed by atoms with van der Waals surface area (Å²) in [7, 11) is 0. The lowest BCUT2D eigenvalue weighted by Gasteiger charge is -2.11. The molecule has 0 atom stereocenters. The lowest BCUT2D eigenvalue weighted by molar-refractivity contribution is 1.13. The Balaban J connectivity index is 0.00000149. The van der Waals surface area contributed by atoms with Gasteiger partial charge in [0.2, 0.25) is 0 Å². The molecule has 7 heteroatoms. The van der Waals surface area contributed by atoms with Gasteiger partial charge in [0.05, 0.1) is 61.5 Å². The second kappa shape index (κ2) is 10.6. The zero-order chi connectivity index (χ0) is 31.5. The molecule has 0 aliphatic rings. The van der Waals surface area contributed by atoms with Gasteiger partial charge in [-0.3, -0.25) is 19.9 Å². The first-order chi connectivity index (χ1) is 23.3. The van der Waals surface area contributed by atoms with Crippen LogP contribution < -0.4 is 0 Å². The molecule has 0 unspecified atom stereocenters. The maximum absolute atomic E-state index is 4.89. The molecule has 0 aliphatic carbocycles. The van der Waals surface area contributed by atoms with E-state index in [1.807, 2.05) is 62.9 Å². The van der Waals surface area contributed by atoms with E-state index in [0.29, 0.717) is 0 Å². The second-order valence-electron chi connectivity index (χ2n) is 11.3. The summed E-state index contributed by atoms with van der Waals surface area (Å²) in [6.45, 7) is 4.00. The molecule has 0 saturated carbocycles. The van der Waals surface area contributed by atoms with E-state index in [4.69, 9.17) is 15.0 Å². The zero-order valence-electron chi connectivity index (χ0n) is 25.9. The van der Waals surface area contributed by atoms with E-state index >= 15 is 0 Å². The van der Waals surface area contributed by atoms with Crippen LogP contribution >= 0.6 is 0 Å². The van der Waals surface area contributed by atoms with Crippen molar-refractivity contribution >= 4 is 65.8 Å². The molecule has 0 bridgehead atoms. The van der Waals surface area contributed by atoms with Crippen LogP contribution in [0.15, 0.2) is 140 Å². The fourth-order valence-electron chi connectivity index (χ4n) is 7.03. The number of fused-ring (bicyclic) bond motifs is 9. The van der Waals surface area contributed by atoms with Crippen LogP contribution in [0.4, 0.5) is 0 Å². The zero-order valence-corrected chi connectivity index (χ0v) is 25.9. The summed E-state index contributed by atoms with van der Waals surface area (Å²) in [5, 5.41) is 3.32. The van der Waals surface area contributed by atoms with Crippen molar-refractivity contribution in [2.24, 2.45) is 0 Å². The maximum atomic E-state index is 4.89. The topological polar surface area (TPSA) is 66.3 Å². The van der Waals surface area contributed by atoms with Crippen molar-refractivity contribution in [3.05, 3.63) is 140 Å². The van der Waals surface area contributed by atoms with Crippen molar-refractivity contribution in [2.45, 2.75) is 13.8 Å². The minimum atomic E-state index is 0.958. The standard InChI is InChI=1S/C38H23N7.C2H6/c1-2-9-30-27(8-1)36-33(10-4-18-40-36)43(30)24-13-15-31-28(21-24)37-34(11-5-19-41-37)44(31)25-14-16-32-29(22-25)38-35(12-6-20-42-38)45(32)26-7-3-17-39-23-26;1-2/h1-23H;1-2H3. The predicted octanol–water partition coefficient (Wildman–Crippen LogP) is 9.58. The van der Waals surface area contributed by atoms with E-state index < -0.39 is 0 Å². The molecule has 0 spiro atoms. The highest BCUT2D eigenvalue weighted by molar-refractivity contribution is 6.11. The molecule has 47 heavy (non-hydrogen) atoms. The number of pyridine rings is 4. The third-order valence-electron chi connectivity index (χ3n) is 8.85. The molecular formula is C40H29N7. The SMILES string of the molecule is CC.c1cncc(-n2c3ccc(-n4c5ccc(-n6c7ccccc7c7ncccc76)cc5c5ncccc54)cc3c3ncccc32)c1. The normalized spacial score (nSPS) is 11.6. The van der Waals surface area contributed by atoms with Crippen LogP contribution in [0.25, 0.3) is 82.9 Å². The Labute approximate surface area is 270 Å². The van der Waals surface area contributed by atoms with E-state index in [1.54, 1.807) is 6.20 Å². The molecular weight excluding hydrogens is 578 g/mol. The Morgan fingerprint density at radius 1 is 0.383 bits per heavy atom. The molecule has 0 aliphatic heterocycles. The molecule has 10 aromatic rings. The van der Waals surface area contributed by atoms with Gasteiger partial charge < -0.3 is 13.7 Å². The molecule has 0 N–H and O–H groups in total.